The molecule has 1 N–H and O–H groups in total. The standard InChI is InChI=1S/C14H20ClNO/c1-11-14(10-16-2,7-8-17-11)9-12-3-5-13(15)6-4-12/h3-6,11,16H,7-10H2,1-2H3. The Morgan fingerprint density at radius 1 is 1.41 bits per heavy atom. The molecule has 17 heavy (non-hydrogen) atoms. The van der Waals surface area contributed by atoms with Gasteiger partial charge in [-0.1, -0.05) is 23.7 Å². The molecular weight excluding hydrogens is 234 g/mol. The highest BCUT2D eigenvalue weighted by atomic mass is 35.5. The monoisotopic (exact) mass is 253 g/mol. The average molecular weight is 254 g/mol. The predicted octanol–water partition coefficient (Wildman–Crippen LogP) is 2.90. The third-order valence-electron chi connectivity index (χ3n) is 3.83. The first-order valence-corrected chi connectivity index (χ1v) is 6.55. The molecule has 1 aliphatic heterocycles. The highest BCUT2D eigenvalue weighted by Gasteiger charge is 2.40. The van der Waals surface area contributed by atoms with Gasteiger partial charge < -0.3 is 10.1 Å². The maximum atomic E-state index is 5.92. The summed E-state index contributed by atoms with van der Waals surface area (Å²) in [6, 6.07) is 8.16. The molecule has 0 saturated carbocycles. The lowest BCUT2D eigenvalue weighted by Crippen LogP contribution is -2.40. The summed E-state index contributed by atoms with van der Waals surface area (Å²) in [5, 5.41) is 4.10. The summed E-state index contributed by atoms with van der Waals surface area (Å²) in [5.74, 6) is 0. The van der Waals surface area contributed by atoms with Gasteiger partial charge in [0.2, 0.25) is 0 Å². The van der Waals surface area contributed by atoms with Crippen LogP contribution in [0, 0.1) is 5.41 Å². The molecule has 0 aliphatic carbocycles. The Labute approximate surface area is 108 Å². The largest absolute Gasteiger partial charge is 0.378 e. The molecule has 0 bridgehead atoms. The lowest BCUT2D eigenvalue weighted by molar-refractivity contribution is 0.0640. The summed E-state index contributed by atoms with van der Waals surface area (Å²) >= 11 is 5.92. The van der Waals surface area contributed by atoms with Gasteiger partial charge in [-0.3, -0.25) is 0 Å². The van der Waals surface area contributed by atoms with Crippen molar-refractivity contribution in [3.8, 4) is 0 Å². The molecule has 0 radical (unpaired) electrons. The minimum Gasteiger partial charge on any atom is -0.378 e. The summed E-state index contributed by atoms with van der Waals surface area (Å²) in [5.41, 5.74) is 1.56. The second-order valence-corrected chi connectivity index (χ2v) is 5.40. The van der Waals surface area contributed by atoms with Gasteiger partial charge in [0.1, 0.15) is 0 Å². The molecule has 2 rings (SSSR count). The molecule has 2 atom stereocenters. The number of ether oxygens (including phenoxy) is 1. The SMILES string of the molecule is CNCC1(Cc2ccc(Cl)cc2)CCOC1C. The summed E-state index contributed by atoms with van der Waals surface area (Å²) in [4.78, 5) is 0. The first kappa shape index (κ1) is 12.9. The lowest BCUT2D eigenvalue weighted by atomic mass is 9.76. The molecule has 1 aliphatic rings. The fourth-order valence-corrected chi connectivity index (χ4v) is 2.83. The Hall–Kier alpha value is -0.570. The van der Waals surface area contributed by atoms with Crippen molar-refractivity contribution in [1.82, 2.24) is 5.32 Å². The van der Waals surface area contributed by atoms with Crippen molar-refractivity contribution in [2.45, 2.75) is 25.9 Å². The molecule has 0 amide bonds. The number of hydrogen-bond acceptors (Lipinski definition) is 2. The maximum absolute atomic E-state index is 5.92. The molecular formula is C14H20ClNO. The Balaban J connectivity index is 2.15. The minimum absolute atomic E-state index is 0.225. The highest BCUT2D eigenvalue weighted by Crippen LogP contribution is 2.37. The van der Waals surface area contributed by atoms with Gasteiger partial charge in [-0.15, -0.1) is 0 Å². The number of nitrogens with one attached hydrogen (secondary N) is 1. The Morgan fingerprint density at radius 3 is 2.65 bits per heavy atom. The van der Waals surface area contributed by atoms with Crippen LogP contribution in [0.5, 0.6) is 0 Å². The average Bonchev–Trinajstić information content (AvgIpc) is 2.65. The van der Waals surface area contributed by atoms with Gasteiger partial charge in [0.25, 0.3) is 0 Å². The van der Waals surface area contributed by atoms with Crippen molar-refractivity contribution in [1.29, 1.82) is 0 Å². The van der Waals surface area contributed by atoms with E-state index in [0.717, 1.165) is 31.0 Å². The van der Waals surface area contributed by atoms with Crippen LogP contribution in [-0.4, -0.2) is 26.3 Å². The van der Waals surface area contributed by atoms with Gasteiger partial charge in [0.05, 0.1) is 6.10 Å². The van der Waals surface area contributed by atoms with E-state index in [2.05, 4.69) is 24.4 Å². The summed E-state index contributed by atoms with van der Waals surface area (Å²) in [6.45, 7) is 4.05. The Bertz CT molecular complexity index is 365. The van der Waals surface area contributed by atoms with Crippen LogP contribution in [0.4, 0.5) is 0 Å². The van der Waals surface area contributed by atoms with Crippen LogP contribution in [-0.2, 0) is 11.2 Å². The fraction of sp³-hybridized carbons (Fsp3) is 0.571. The number of benzene rings is 1. The van der Waals surface area contributed by atoms with E-state index in [9.17, 15) is 0 Å². The van der Waals surface area contributed by atoms with E-state index in [1.54, 1.807) is 0 Å². The molecule has 1 saturated heterocycles. The number of rotatable bonds is 4. The summed E-state index contributed by atoms with van der Waals surface area (Å²) in [7, 11) is 2.01. The van der Waals surface area contributed by atoms with E-state index in [1.165, 1.54) is 5.56 Å². The number of halogens is 1. The van der Waals surface area contributed by atoms with Crippen molar-refractivity contribution in [3.05, 3.63) is 34.9 Å². The van der Waals surface area contributed by atoms with Gasteiger partial charge in [-0.05, 0) is 44.5 Å². The highest BCUT2D eigenvalue weighted by molar-refractivity contribution is 6.30. The molecule has 94 valence electrons. The van der Waals surface area contributed by atoms with Crippen molar-refractivity contribution in [3.63, 3.8) is 0 Å². The second-order valence-electron chi connectivity index (χ2n) is 4.96. The number of hydrogen-bond donors (Lipinski definition) is 1. The van der Waals surface area contributed by atoms with Crippen LogP contribution in [0.2, 0.25) is 5.02 Å². The Morgan fingerprint density at radius 2 is 2.12 bits per heavy atom. The van der Waals surface area contributed by atoms with Gasteiger partial charge in [-0.25, -0.2) is 0 Å². The third kappa shape index (κ3) is 2.82. The van der Waals surface area contributed by atoms with Crippen LogP contribution < -0.4 is 5.32 Å². The van der Waals surface area contributed by atoms with Crippen LogP contribution in [0.15, 0.2) is 24.3 Å². The van der Waals surface area contributed by atoms with Gasteiger partial charge >= 0.3 is 0 Å². The first-order chi connectivity index (χ1) is 8.16. The zero-order valence-corrected chi connectivity index (χ0v) is 11.3. The van der Waals surface area contributed by atoms with E-state index >= 15 is 0 Å². The van der Waals surface area contributed by atoms with Crippen molar-refractivity contribution in [2.24, 2.45) is 5.41 Å². The second kappa shape index (κ2) is 5.38. The molecule has 1 fully saturated rings. The summed E-state index contributed by atoms with van der Waals surface area (Å²) in [6.07, 6.45) is 2.48. The third-order valence-corrected chi connectivity index (χ3v) is 4.08. The smallest absolute Gasteiger partial charge is 0.0619 e. The molecule has 1 aromatic rings. The fourth-order valence-electron chi connectivity index (χ4n) is 2.71. The van der Waals surface area contributed by atoms with Crippen molar-refractivity contribution >= 4 is 11.6 Å². The Kier molecular flexibility index (Phi) is 4.08. The zero-order chi connectivity index (χ0) is 12.3. The van der Waals surface area contributed by atoms with E-state index in [0.29, 0.717) is 6.10 Å². The normalized spacial score (nSPS) is 28.5. The molecule has 2 nitrogen and oxygen atoms in total. The minimum atomic E-state index is 0.225. The predicted molar refractivity (Wildman–Crippen MR) is 71.5 cm³/mol. The zero-order valence-electron chi connectivity index (χ0n) is 10.5. The molecule has 2 unspecified atom stereocenters. The van der Waals surface area contributed by atoms with Crippen molar-refractivity contribution < 1.29 is 4.74 Å². The molecule has 1 heterocycles. The molecule has 0 spiro atoms. The lowest BCUT2D eigenvalue weighted by Gasteiger charge is -2.32. The van der Waals surface area contributed by atoms with E-state index in [4.69, 9.17) is 16.3 Å². The molecule has 3 heteroatoms. The van der Waals surface area contributed by atoms with E-state index < -0.39 is 0 Å². The van der Waals surface area contributed by atoms with Gasteiger partial charge in [0.15, 0.2) is 0 Å². The van der Waals surface area contributed by atoms with Crippen molar-refractivity contribution in [2.75, 3.05) is 20.2 Å². The van der Waals surface area contributed by atoms with Crippen LogP contribution in [0.3, 0.4) is 0 Å². The quantitative estimate of drug-likeness (QED) is 0.891. The van der Waals surface area contributed by atoms with E-state index in [-0.39, 0.29) is 5.41 Å². The van der Waals surface area contributed by atoms with Crippen LogP contribution in [0.25, 0.3) is 0 Å². The summed E-state index contributed by atoms with van der Waals surface area (Å²) < 4.78 is 5.75. The first-order valence-electron chi connectivity index (χ1n) is 6.17. The van der Waals surface area contributed by atoms with E-state index in [1.807, 2.05) is 19.2 Å². The van der Waals surface area contributed by atoms with Crippen LogP contribution >= 0.6 is 11.6 Å². The molecule has 0 aromatic heterocycles. The van der Waals surface area contributed by atoms with Crippen LogP contribution in [0.1, 0.15) is 18.9 Å². The van der Waals surface area contributed by atoms with Gasteiger partial charge in [-0.2, -0.15) is 0 Å². The topological polar surface area (TPSA) is 21.3 Å². The maximum Gasteiger partial charge on any atom is 0.0619 e. The van der Waals surface area contributed by atoms with Gasteiger partial charge in [0, 0.05) is 23.6 Å². The molecule has 1 aromatic carbocycles.